The molecule has 2 rings (SSSR count). The van der Waals surface area contributed by atoms with Crippen LogP contribution in [0.25, 0.3) is 0 Å². The van der Waals surface area contributed by atoms with Crippen molar-refractivity contribution in [3.8, 4) is 5.75 Å². The van der Waals surface area contributed by atoms with Crippen molar-refractivity contribution in [2.75, 3.05) is 11.1 Å². The van der Waals surface area contributed by atoms with E-state index >= 15 is 0 Å². The first-order valence-electron chi connectivity index (χ1n) is 8.03. The van der Waals surface area contributed by atoms with Gasteiger partial charge in [-0.05, 0) is 49.1 Å². The second-order valence-corrected chi connectivity index (χ2v) is 5.84. The van der Waals surface area contributed by atoms with Crippen molar-refractivity contribution in [2.24, 2.45) is 0 Å². The summed E-state index contributed by atoms with van der Waals surface area (Å²) in [6, 6.07) is 11.7. The second-order valence-electron chi connectivity index (χ2n) is 5.84. The zero-order valence-electron chi connectivity index (χ0n) is 14.2. The molecule has 0 radical (unpaired) electrons. The highest BCUT2D eigenvalue weighted by Crippen LogP contribution is 2.29. The number of amides is 1. The second kappa shape index (κ2) is 7.81. The number of halogens is 1. The van der Waals surface area contributed by atoms with E-state index < -0.39 is 17.8 Å². The number of nitrogen functional groups attached to an aromatic ring is 1. The lowest BCUT2D eigenvalue weighted by molar-refractivity contribution is -0.122. The van der Waals surface area contributed by atoms with Crippen LogP contribution in [0.1, 0.15) is 38.7 Å². The van der Waals surface area contributed by atoms with Crippen molar-refractivity contribution in [1.29, 1.82) is 0 Å². The molecule has 2 unspecified atom stereocenters. The molecular weight excluding hydrogens is 307 g/mol. The van der Waals surface area contributed by atoms with Crippen LogP contribution >= 0.6 is 0 Å². The fourth-order valence-electron chi connectivity index (χ4n) is 2.33. The maximum atomic E-state index is 13.7. The summed E-state index contributed by atoms with van der Waals surface area (Å²) in [5.41, 5.74) is 7.10. The lowest BCUT2D eigenvalue weighted by atomic mass is 9.98. The van der Waals surface area contributed by atoms with Gasteiger partial charge in [0.25, 0.3) is 5.91 Å². The van der Waals surface area contributed by atoms with Crippen LogP contribution in [-0.4, -0.2) is 12.0 Å². The molecule has 0 saturated carbocycles. The monoisotopic (exact) mass is 330 g/mol. The Kier molecular flexibility index (Phi) is 5.79. The average molecular weight is 330 g/mol. The Morgan fingerprint density at radius 2 is 1.96 bits per heavy atom. The zero-order chi connectivity index (χ0) is 17.7. The normalized spacial score (nSPS) is 13.2. The molecule has 3 N–H and O–H groups in total. The molecule has 1 amide bonds. The summed E-state index contributed by atoms with van der Waals surface area (Å²) < 4.78 is 19.5. The number of anilines is 2. The predicted molar refractivity (Wildman–Crippen MR) is 94.7 cm³/mol. The summed E-state index contributed by atoms with van der Waals surface area (Å²) in [5.74, 6) is 0.0218. The van der Waals surface area contributed by atoms with Crippen LogP contribution in [0.15, 0.2) is 42.5 Å². The number of para-hydroxylation sites is 1. The van der Waals surface area contributed by atoms with Gasteiger partial charge in [-0.15, -0.1) is 0 Å². The van der Waals surface area contributed by atoms with Crippen molar-refractivity contribution < 1.29 is 13.9 Å². The molecule has 128 valence electrons. The van der Waals surface area contributed by atoms with Crippen LogP contribution in [0, 0.1) is 5.82 Å². The van der Waals surface area contributed by atoms with Gasteiger partial charge in [-0.3, -0.25) is 4.79 Å². The largest absolute Gasteiger partial charge is 0.481 e. The van der Waals surface area contributed by atoms with Gasteiger partial charge >= 0.3 is 0 Å². The summed E-state index contributed by atoms with van der Waals surface area (Å²) in [4.78, 5) is 12.3. The Morgan fingerprint density at radius 3 is 2.67 bits per heavy atom. The Morgan fingerprint density at radius 1 is 1.25 bits per heavy atom. The lowest BCUT2D eigenvalue weighted by Gasteiger charge is -2.19. The Balaban J connectivity index is 2.11. The molecule has 2 aromatic carbocycles. The minimum atomic E-state index is -0.768. The van der Waals surface area contributed by atoms with E-state index in [2.05, 4.69) is 19.2 Å². The number of benzene rings is 2. The number of nitrogens with one attached hydrogen (secondary N) is 1. The highest BCUT2D eigenvalue weighted by Gasteiger charge is 2.19. The fourth-order valence-corrected chi connectivity index (χ4v) is 2.33. The maximum Gasteiger partial charge on any atom is 0.265 e. The standard InChI is InChI=1S/C19H23FN2O2/c1-4-12(2)15-7-5-6-8-18(15)24-13(3)19(23)22-17-11-14(21)9-10-16(17)20/h5-13H,4,21H2,1-3H3,(H,22,23). The number of hydrogen-bond acceptors (Lipinski definition) is 3. The zero-order valence-corrected chi connectivity index (χ0v) is 14.2. The SMILES string of the molecule is CCC(C)c1ccccc1OC(C)C(=O)Nc1cc(N)ccc1F. The van der Waals surface area contributed by atoms with Gasteiger partial charge in [0, 0.05) is 5.69 Å². The average Bonchev–Trinajstić information content (AvgIpc) is 2.57. The quantitative estimate of drug-likeness (QED) is 0.775. The molecular formula is C19H23FN2O2. The minimum Gasteiger partial charge on any atom is -0.481 e. The molecule has 2 aromatic rings. The third kappa shape index (κ3) is 4.25. The number of ether oxygens (including phenoxy) is 1. The molecule has 0 fully saturated rings. The topological polar surface area (TPSA) is 64.3 Å². The Labute approximate surface area is 141 Å². The first kappa shape index (κ1) is 17.8. The van der Waals surface area contributed by atoms with Crippen molar-refractivity contribution in [1.82, 2.24) is 0 Å². The van der Waals surface area contributed by atoms with Crippen molar-refractivity contribution >= 4 is 17.3 Å². The molecule has 0 bridgehead atoms. The van der Waals surface area contributed by atoms with Gasteiger partial charge in [-0.2, -0.15) is 0 Å². The number of carbonyl (C=O) groups excluding carboxylic acids is 1. The predicted octanol–water partition coefficient (Wildman–Crippen LogP) is 4.33. The summed E-state index contributed by atoms with van der Waals surface area (Å²) in [5, 5.41) is 2.51. The number of nitrogens with two attached hydrogens (primary N) is 1. The van der Waals surface area contributed by atoms with Gasteiger partial charge in [-0.1, -0.05) is 32.0 Å². The molecule has 0 aromatic heterocycles. The van der Waals surface area contributed by atoms with E-state index in [4.69, 9.17) is 10.5 Å². The summed E-state index contributed by atoms with van der Waals surface area (Å²) >= 11 is 0. The minimum absolute atomic E-state index is 0.0469. The molecule has 0 saturated heterocycles. The van der Waals surface area contributed by atoms with Crippen LogP contribution in [-0.2, 0) is 4.79 Å². The molecule has 0 aliphatic carbocycles. The molecule has 0 spiro atoms. The Bertz CT molecular complexity index is 718. The molecule has 0 heterocycles. The van der Waals surface area contributed by atoms with E-state index in [-0.39, 0.29) is 5.69 Å². The summed E-state index contributed by atoms with van der Waals surface area (Å²) in [7, 11) is 0. The number of rotatable bonds is 6. The third-order valence-corrected chi connectivity index (χ3v) is 3.98. The highest BCUT2D eigenvalue weighted by atomic mass is 19.1. The van der Waals surface area contributed by atoms with E-state index in [9.17, 15) is 9.18 Å². The number of carbonyl (C=O) groups is 1. The van der Waals surface area contributed by atoms with E-state index in [1.165, 1.54) is 18.2 Å². The van der Waals surface area contributed by atoms with Crippen molar-refractivity contribution in [3.05, 3.63) is 53.8 Å². The van der Waals surface area contributed by atoms with E-state index in [0.29, 0.717) is 17.4 Å². The first-order chi connectivity index (χ1) is 11.4. The molecule has 0 aliphatic rings. The third-order valence-electron chi connectivity index (χ3n) is 3.98. The molecule has 5 heteroatoms. The Hall–Kier alpha value is -2.56. The summed E-state index contributed by atoms with van der Waals surface area (Å²) in [6.45, 7) is 5.84. The molecule has 24 heavy (non-hydrogen) atoms. The van der Waals surface area contributed by atoms with Crippen LogP contribution in [0.5, 0.6) is 5.75 Å². The maximum absolute atomic E-state index is 13.7. The smallest absolute Gasteiger partial charge is 0.265 e. The van der Waals surface area contributed by atoms with Crippen LogP contribution < -0.4 is 15.8 Å². The van der Waals surface area contributed by atoms with Gasteiger partial charge < -0.3 is 15.8 Å². The van der Waals surface area contributed by atoms with Gasteiger partial charge in [-0.25, -0.2) is 4.39 Å². The lowest BCUT2D eigenvalue weighted by Crippen LogP contribution is -2.30. The van der Waals surface area contributed by atoms with Gasteiger partial charge in [0.05, 0.1) is 5.69 Å². The van der Waals surface area contributed by atoms with E-state index in [1.54, 1.807) is 6.92 Å². The first-order valence-corrected chi connectivity index (χ1v) is 8.03. The molecule has 0 aliphatic heterocycles. The molecule has 2 atom stereocenters. The van der Waals surface area contributed by atoms with Gasteiger partial charge in [0.2, 0.25) is 0 Å². The molecule has 4 nitrogen and oxygen atoms in total. The van der Waals surface area contributed by atoms with Gasteiger partial charge in [0.15, 0.2) is 6.10 Å². The van der Waals surface area contributed by atoms with Crippen LogP contribution in [0.4, 0.5) is 15.8 Å². The summed E-state index contributed by atoms with van der Waals surface area (Å²) in [6.07, 6.45) is 0.200. The van der Waals surface area contributed by atoms with Crippen molar-refractivity contribution in [2.45, 2.75) is 39.2 Å². The van der Waals surface area contributed by atoms with Crippen LogP contribution in [0.3, 0.4) is 0 Å². The number of hydrogen-bond donors (Lipinski definition) is 2. The van der Waals surface area contributed by atoms with Gasteiger partial charge in [0.1, 0.15) is 11.6 Å². The highest BCUT2D eigenvalue weighted by molar-refractivity contribution is 5.94. The fraction of sp³-hybridized carbons (Fsp3) is 0.316. The van der Waals surface area contributed by atoms with Crippen molar-refractivity contribution in [3.63, 3.8) is 0 Å². The van der Waals surface area contributed by atoms with E-state index in [0.717, 1.165) is 12.0 Å². The van der Waals surface area contributed by atoms with E-state index in [1.807, 2.05) is 24.3 Å². The van der Waals surface area contributed by atoms with Crippen LogP contribution in [0.2, 0.25) is 0 Å².